The normalized spacial score (nSPS) is 20.6. The number of carbonyl (C=O) groups excluding carboxylic acids is 1. The lowest BCUT2D eigenvalue weighted by atomic mass is 9.91. The summed E-state index contributed by atoms with van der Waals surface area (Å²) in [5.41, 5.74) is -0.311. The van der Waals surface area contributed by atoms with Crippen LogP contribution in [0.1, 0.15) is 52.9 Å². The molecule has 2 saturated heterocycles. The molecule has 2 aliphatic rings. The van der Waals surface area contributed by atoms with E-state index < -0.39 is 20.6 Å². The first-order valence-corrected chi connectivity index (χ1v) is 11.5. The van der Waals surface area contributed by atoms with E-state index in [4.69, 9.17) is 4.74 Å². The summed E-state index contributed by atoms with van der Waals surface area (Å²) >= 11 is 0. The third-order valence-corrected chi connectivity index (χ3v) is 5.02. The minimum atomic E-state index is -3.66. The van der Waals surface area contributed by atoms with Crippen molar-refractivity contribution in [2.45, 2.75) is 65.1 Å². The van der Waals surface area contributed by atoms with Crippen molar-refractivity contribution < 1.29 is 39.5 Å². The summed E-state index contributed by atoms with van der Waals surface area (Å²) in [5.74, 6) is -0.134. The molecule has 2 bridgehead atoms. The Labute approximate surface area is 168 Å². The number of hydrogen-bond donors (Lipinski definition) is 2. The minimum absolute atomic E-state index is 0.134. The van der Waals surface area contributed by atoms with Gasteiger partial charge >= 0.3 is 26.6 Å². The molecule has 0 spiro atoms. The fraction of sp³-hybridized carbons (Fsp3) is 0.933. The molecule has 0 aromatic rings. The van der Waals surface area contributed by atoms with Crippen LogP contribution in [0.3, 0.4) is 0 Å². The summed E-state index contributed by atoms with van der Waals surface area (Å²) in [6, 6.07) is 0. The van der Waals surface area contributed by atoms with E-state index in [2.05, 4.69) is 23.4 Å². The summed E-state index contributed by atoms with van der Waals surface area (Å²) in [7, 11) is -3.92. The number of fused-ring (bicyclic) bond motifs is 2. The molecule has 170 valence electrons. The van der Waals surface area contributed by atoms with Gasteiger partial charge in [-0.3, -0.25) is 13.2 Å². The molecule has 11 nitrogen and oxygen atoms in total. The fourth-order valence-electron chi connectivity index (χ4n) is 2.00. The van der Waals surface area contributed by atoms with Gasteiger partial charge in [0, 0.05) is 0 Å². The molecular weight excluding hydrogens is 416 g/mol. The van der Waals surface area contributed by atoms with Crippen molar-refractivity contribution in [2.75, 3.05) is 21.3 Å². The summed E-state index contributed by atoms with van der Waals surface area (Å²) in [6.07, 6.45) is 7.51. The molecule has 0 radical (unpaired) electrons. The second kappa shape index (κ2) is 13.4. The van der Waals surface area contributed by atoms with Crippen LogP contribution in [-0.2, 0) is 43.2 Å². The molecule has 2 heterocycles. The van der Waals surface area contributed by atoms with E-state index >= 15 is 0 Å². The fourth-order valence-corrected chi connectivity index (χ4v) is 2.00. The van der Waals surface area contributed by atoms with E-state index in [0.29, 0.717) is 12.2 Å². The van der Waals surface area contributed by atoms with Crippen molar-refractivity contribution in [1.82, 2.24) is 0 Å². The molecule has 0 aromatic heterocycles. The monoisotopic (exact) mass is 450 g/mol. The van der Waals surface area contributed by atoms with Crippen LogP contribution >= 0.6 is 0 Å². The zero-order valence-electron chi connectivity index (χ0n) is 17.3. The largest absolute Gasteiger partial charge is 0.469 e. The van der Waals surface area contributed by atoms with Crippen LogP contribution in [0.2, 0.25) is 0 Å². The van der Waals surface area contributed by atoms with Gasteiger partial charge in [0.1, 0.15) is 0 Å². The smallest absolute Gasteiger partial charge is 0.333 e. The minimum Gasteiger partial charge on any atom is -0.469 e. The molecular formula is C15H34N2O9S2. The number of carbonyl (C=O) groups is 1. The lowest BCUT2D eigenvalue weighted by Gasteiger charge is -2.17. The van der Waals surface area contributed by atoms with Crippen molar-refractivity contribution in [3.63, 3.8) is 0 Å². The Kier molecular flexibility index (Phi) is 14.1. The molecule has 4 N–H and O–H groups in total. The Morgan fingerprint density at radius 2 is 1.21 bits per heavy atom. The van der Waals surface area contributed by atoms with Crippen molar-refractivity contribution >= 4 is 26.6 Å². The first kappa shape index (κ1) is 29.4. The number of esters is 1. The highest BCUT2D eigenvalue weighted by molar-refractivity contribution is 7.84. The van der Waals surface area contributed by atoms with Crippen LogP contribution in [-0.4, -0.2) is 56.3 Å². The molecule has 13 heteroatoms. The molecule has 2 rings (SSSR count). The van der Waals surface area contributed by atoms with E-state index in [1.807, 2.05) is 20.8 Å². The highest BCUT2D eigenvalue weighted by atomic mass is 32.2. The van der Waals surface area contributed by atoms with Crippen molar-refractivity contribution in [3.8, 4) is 0 Å². The number of hydrogen-bond acceptors (Lipinski definition) is 9. The van der Waals surface area contributed by atoms with Gasteiger partial charge in [-0.05, 0) is 46.0 Å². The Morgan fingerprint density at radius 1 is 0.929 bits per heavy atom. The van der Waals surface area contributed by atoms with Crippen molar-refractivity contribution in [1.29, 1.82) is 0 Å². The van der Waals surface area contributed by atoms with Crippen molar-refractivity contribution in [2.24, 2.45) is 15.7 Å². The van der Waals surface area contributed by atoms with Crippen molar-refractivity contribution in [3.05, 3.63) is 0 Å². The number of rotatable bonds is 4. The van der Waals surface area contributed by atoms with E-state index in [1.165, 1.54) is 32.8 Å². The van der Waals surface area contributed by atoms with Gasteiger partial charge in [0.25, 0.3) is 0 Å². The summed E-state index contributed by atoms with van der Waals surface area (Å²) in [5, 5.41) is 8.57. The van der Waals surface area contributed by atoms with Gasteiger partial charge in [0.15, 0.2) is 0 Å². The topological polar surface area (TPSA) is 174 Å². The quantitative estimate of drug-likeness (QED) is 0.581. The van der Waals surface area contributed by atoms with Gasteiger partial charge in [0.2, 0.25) is 0 Å². The van der Waals surface area contributed by atoms with Gasteiger partial charge < -0.3 is 9.47 Å². The zero-order chi connectivity index (χ0) is 22.6. The molecule has 28 heavy (non-hydrogen) atoms. The molecule has 2 aliphatic heterocycles. The second-order valence-corrected chi connectivity index (χ2v) is 9.22. The number of methoxy groups -OCH3 is 1. The molecule has 0 amide bonds. The lowest BCUT2D eigenvalue weighted by molar-refractivity contribution is -0.150. The van der Waals surface area contributed by atoms with Crippen LogP contribution in [0.4, 0.5) is 0 Å². The molecule has 0 aromatic carbocycles. The zero-order valence-corrected chi connectivity index (χ0v) is 19.0. The Balaban J connectivity index is 0. The first-order valence-electron chi connectivity index (χ1n) is 8.52. The molecule has 0 atom stereocenters. The molecule has 0 aliphatic carbocycles. The van der Waals surface area contributed by atoms with Crippen LogP contribution in [0.25, 0.3) is 0 Å². The predicted octanol–water partition coefficient (Wildman–Crippen LogP) is 0.596. The number of ether oxygens (including phenoxy) is 2. The maximum atomic E-state index is 10.8. The Bertz CT molecular complexity index is 598. The van der Waals surface area contributed by atoms with Gasteiger partial charge in [-0.15, -0.1) is 0 Å². The first-order chi connectivity index (χ1) is 12.6. The SMILES string of the molecule is C1CC2CCC1O2.CCC(C)(C)C(=O)OC.COS(N)(=O)=O.COS(N)(=O)=O. The summed E-state index contributed by atoms with van der Waals surface area (Å²) in [6.45, 7) is 5.72. The van der Waals surface area contributed by atoms with E-state index in [9.17, 15) is 21.6 Å². The van der Waals surface area contributed by atoms with Gasteiger partial charge in [0.05, 0.1) is 39.0 Å². The van der Waals surface area contributed by atoms with Gasteiger partial charge in [-0.25, -0.2) is 10.3 Å². The van der Waals surface area contributed by atoms with Crippen LogP contribution in [0, 0.1) is 5.41 Å². The highest BCUT2D eigenvalue weighted by Gasteiger charge is 2.31. The van der Waals surface area contributed by atoms with E-state index in [1.54, 1.807) is 0 Å². The third-order valence-electron chi connectivity index (χ3n) is 4.09. The summed E-state index contributed by atoms with van der Waals surface area (Å²) in [4.78, 5) is 10.8. The van der Waals surface area contributed by atoms with Gasteiger partial charge in [-0.1, -0.05) is 6.92 Å². The average molecular weight is 451 g/mol. The molecule has 0 unspecified atom stereocenters. The standard InChI is InChI=1S/C7H14O2.C6H10O.2CH5NO3S/c1-5-7(2,3)6(8)9-4;1-2-6-4-3-5(1)7-6;2*1-5-6(2,3)4/h5H2,1-4H3;5-6H,1-4H2;2*1H3,(H2,2,3,4). The Morgan fingerprint density at radius 3 is 1.29 bits per heavy atom. The van der Waals surface area contributed by atoms with Crippen LogP contribution < -0.4 is 10.3 Å². The Hall–Kier alpha value is -0.830. The number of nitrogens with two attached hydrogens (primary N) is 2. The highest BCUT2D eigenvalue weighted by Crippen LogP contribution is 2.33. The van der Waals surface area contributed by atoms with E-state index in [0.717, 1.165) is 20.6 Å². The lowest BCUT2D eigenvalue weighted by Crippen LogP contribution is -2.24. The second-order valence-electron chi connectivity index (χ2n) is 6.58. The van der Waals surface area contributed by atoms with Crippen LogP contribution in [0.15, 0.2) is 0 Å². The predicted molar refractivity (Wildman–Crippen MR) is 103 cm³/mol. The maximum absolute atomic E-state index is 10.8. The van der Waals surface area contributed by atoms with E-state index in [-0.39, 0.29) is 11.4 Å². The molecule has 0 saturated carbocycles. The van der Waals surface area contributed by atoms with Crippen LogP contribution in [0.5, 0.6) is 0 Å². The summed E-state index contributed by atoms with van der Waals surface area (Å²) < 4.78 is 55.6. The average Bonchev–Trinajstić information content (AvgIpc) is 3.27. The van der Waals surface area contributed by atoms with Gasteiger partial charge in [-0.2, -0.15) is 16.8 Å². The third kappa shape index (κ3) is 16.2. The maximum Gasteiger partial charge on any atom is 0.333 e. The molecule has 2 fully saturated rings.